The fraction of sp³-hybridized carbons (Fsp3) is 0.462. The van der Waals surface area contributed by atoms with Gasteiger partial charge in [-0.15, -0.1) is 11.3 Å². The van der Waals surface area contributed by atoms with E-state index >= 15 is 0 Å². The van der Waals surface area contributed by atoms with Gasteiger partial charge in [-0.25, -0.2) is 4.98 Å². The van der Waals surface area contributed by atoms with Crippen molar-refractivity contribution < 1.29 is 4.52 Å². The van der Waals surface area contributed by atoms with Gasteiger partial charge in [0.2, 0.25) is 0 Å². The predicted molar refractivity (Wildman–Crippen MR) is 79.8 cm³/mol. The molecule has 6 nitrogen and oxygen atoms in total. The zero-order chi connectivity index (χ0) is 14.4. The van der Waals surface area contributed by atoms with Crippen LogP contribution in [-0.4, -0.2) is 23.1 Å². The summed E-state index contributed by atoms with van der Waals surface area (Å²) in [5.74, 6) is 1.50. The Morgan fingerprint density at radius 2 is 2.20 bits per heavy atom. The van der Waals surface area contributed by atoms with Crippen LogP contribution in [0.4, 0.5) is 0 Å². The van der Waals surface area contributed by atoms with E-state index in [1.165, 1.54) is 4.88 Å². The number of aryl methyl sites for hydroxylation is 2. The smallest absolute Gasteiger partial charge is 0.191 e. The molecule has 0 unspecified atom stereocenters. The van der Waals surface area contributed by atoms with Crippen molar-refractivity contribution in [3.63, 3.8) is 0 Å². The summed E-state index contributed by atoms with van der Waals surface area (Å²) in [6.45, 7) is 5.25. The summed E-state index contributed by atoms with van der Waals surface area (Å²) in [6, 6.07) is 1.90. The van der Waals surface area contributed by atoms with E-state index in [9.17, 15) is 0 Å². The average Bonchev–Trinajstić information content (AvgIpc) is 3.08. The molecule has 0 aliphatic carbocycles. The molecule has 0 radical (unpaired) electrons. The lowest BCUT2D eigenvalue weighted by atomic mass is 10.4. The molecule has 2 rings (SSSR count). The second kappa shape index (κ2) is 7.04. The Morgan fingerprint density at radius 1 is 1.40 bits per heavy atom. The van der Waals surface area contributed by atoms with E-state index in [0.29, 0.717) is 19.0 Å². The van der Waals surface area contributed by atoms with E-state index in [0.717, 1.165) is 22.9 Å². The maximum Gasteiger partial charge on any atom is 0.191 e. The van der Waals surface area contributed by atoms with Crippen LogP contribution in [0.25, 0.3) is 0 Å². The summed E-state index contributed by atoms with van der Waals surface area (Å²) in [5.41, 5.74) is 0.875. The monoisotopic (exact) mass is 293 g/mol. The van der Waals surface area contributed by atoms with Crippen molar-refractivity contribution in [1.29, 1.82) is 0 Å². The number of thiazole rings is 1. The van der Waals surface area contributed by atoms with Gasteiger partial charge in [0.25, 0.3) is 0 Å². The summed E-state index contributed by atoms with van der Waals surface area (Å²) in [7, 11) is 1.74. The molecular weight excluding hydrogens is 274 g/mol. The minimum absolute atomic E-state index is 0.554. The van der Waals surface area contributed by atoms with Crippen molar-refractivity contribution in [3.05, 3.63) is 33.6 Å². The first-order valence-electron chi connectivity index (χ1n) is 6.51. The molecule has 2 aromatic heterocycles. The van der Waals surface area contributed by atoms with E-state index in [4.69, 9.17) is 4.52 Å². The van der Waals surface area contributed by atoms with Gasteiger partial charge in [-0.2, -0.15) is 0 Å². The van der Waals surface area contributed by atoms with Gasteiger partial charge >= 0.3 is 0 Å². The van der Waals surface area contributed by atoms with Gasteiger partial charge in [0.05, 0.1) is 18.8 Å². The van der Waals surface area contributed by atoms with Crippen molar-refractivity contribution in [2.24, 2.45) is 4.99 Å². The van der Waals surface area contributed by atoms with E-state index in [2.05, 4.69) is 32.7 Å². The number of aliphatic imine (C=N–C) groups is 1. The van der Waals surface area contributed by atoms with Crippen LogP contribution in [0, 0.1) is 6.92 Å². The Hall–Kier alpha value is -1.89. The molecule has 0 saturated heterocycles. The average molecular weight is 293 g/mol. The standard InChI is InChI=1S/C13H19N5OS/c1-4-11-7-15-12(20-11)8-17-13(14-3)16-6-10-5-9(2)18-19-10/h5,7H,4,6,8H2,1-3H3,(H2,14,16,17). The third-order valence-corrected chi connectivity index (χ3v) is 3.83. The maximum atomic E-state index is 5.13. The summed E-state index contributed by atoms with van der Waals surface area (Å²) >= 11 is 1.72. The van der Waals surface area contributed by atoms with Crippen LogP contribution in [0.1, 0.15) is 28.3 Å². The quantitative estimate of drug-likeness (QED) is 0.650. The van der Waals surface area contributed by atoms with Gasteiger partial charge < -0.3 is 15.2 Å². The number of nitrogens with one attached hydrogen (secondary N) is 2. The normalized spacial score (nSPS) is 11.7. The molecule has 0 aliphatic rings. The minimum Gasteiger partial charge on any atom is -0.359 e. The molecule has 0 spiro atoms. The molecular formula is C13H19N5OS. The van der Waals surface area contributed by atoms with Crippen LogP contribution in [-0.2, 0) is 19.5 Å². The molecule has 0 bridgehead atoms. The number of rotatable bonds is 5. The predicted octanol–water partition coefficient (Wildman–Crippen LogP) is 1.87. The minimum atomic E-state index is 0.554. The van der Waals surface area contributed by atoms with Crippen LogP contribution in [0.2, 0.25) is 0 Å². The number of hydrogen-bond donors (Lipinski definition) is 2. The largest absolute Gasteiger partial charge is 0.359 e. The third-order valence-electron chi connectivity index (χ3n) is 2.69. The van der Waals surface area contributed by atoms with E-state index in [1.807, 2.05) is 19.2 Å². The van der Waals surface area contributed by atoms with Gasteiger partial charge in [-0.3, -0.25) is 4.99 Å². The van der Waals surface area contributed by atoms with Crippen LogP contribution in [0.3, 0.4) is 0 Å². The van der Waals surface area contributed by atoms with Gasteiger partial charge in [0, 0.05) is 24.2 Å². The lowest BCUT2D eigenvalue weighted by Gasteiger charge is -2.09. The number of hydrogen-bond acceptors (Lipinski definition) is 5. The summed E-state index contributed by atoms with van der Waals surface area (Å²) < 4.78 is 5.13. The lowest BCUT2D eigenvalue weighted by molar-refractivity contribution is 0.376. The third kappa shape index (κ3) is 4.06. The zero-order valence-electron chi connectivity index (χ0n) is 11.9. The summed E-state index contributed by atoms with van der Waals surface area (Å²) in [5, 5.41) is 11.3. The Kier molecular flexibility index (Phi) is 5.11. The lowest BCUT2D eigenvalue weighted by Crippen LogP contribution is -2.36. The van der Waals surface area contributed by atoms with Crippen LogP contribution >= 0.6 is 11.3 Å². The van der Waals surface area contributed by atoms with Crippen molar-refractivity contribution in [1.82, 2.24) is 20.8 Å². The molecule has 0 aliphatic heterocycles. The molecule has 0 saturated carbocycles. The van der Waals surface area contributed by atoms with Crippen molar-refractivity contribution in [2.75, 3.05) is 7.05 Å². The highest BCUT2D eigenvalue weighted by Gasteiger charge is 2.04. The Morgan fingerprint density at radius 3 is 2.80 bits per heavy atom. The molecule has 2 heterocycles. The highest BCUT2D eigenvalue weighted by atomic mass is 32.1. The van der Waals surface area contributed by atoms with Crippen LogP contribution < -0.4 is 10.6 Å². The van der Waals surface area contributed by atoms with Crippen LogP contribution in [0.5, 0.6) is 0 Å². The Balaban J connectivity index is 1.80. The van der Waals surface area contributed by atoms with Gasteiger partial charge in [-0.05, 0) is 13.3 Å². The highest BCUT2D eigenvalue weighted by Crippen LogP contribution is 2.12. The Labute approximate surface area is 122 Å². The molecule has 2 aromatic rings. The fourth-order valence-corrected chi connectivity index (χ4v) is 2.45. The first-order chi connectivity index (χ1) is 9.71. The van der Waals surface area contributed by atoms with Gasteiger partial charge in [0.1, 0.15) is 5.01 Å². The van der Waals surface area contributed by atoms with E-state index in [-0.39, 0.29) is 0 Å². The van der Waals surface area contributed by atoms with Crippen molar-refractivity contribution in [3.8, 4) is 0 Å². The molecule has 0 amide bonds. The molecule has 20 heavy (non-hydrogen) atoms. The van der Waals surface area contributed by atoms with Crippen molar-refractivity contribution >= 4 is 17.3 Å². The molecule has 0 fully saturated rings. The van der Waals surface area contributed by atoms with Crippen LogP contribution in [0.15, 0.2) is 21.8 Å². The highest BCUT2D eigenvalue weighted by molar-refractivity contribution is 7.11. The molecule has 0 aromatic carbocycles. The second-order valence-corrected chi connectivity index (χ2v) is 5.49. The first kappa shape index (κ1) is 14.5. The fourth-order valence-electron chi connectivity index (χ4n) is 1.64. The van der Waals surface area contributed by atoms with E-state index in [1.54, 1.807) is 18.4 Å². The number of aromatic nitrogens is 2. The van der Waals surface area contributed by atoms with Gasteiger partial charge in [0.15, 0.2) is 11.7 Å². The molecule has 2 N–H and O–H groups in total. The maximum absolute atomic E-state index is 5.13. The van der Waals surface area contributed by atoms with E-state index < -0.39 is 0 Å². The molecule has 7 heteroatoms. The second-order valence-electron chi connectivity index (χ2n) is 4.29. The molecule has 108 valence electrons. The summed E-state index contributed by atoms with van der Waals surface area (Å²) in [4.78, 5) is 9.81. The number of guanidine groups is 1. The summed E-state index contributed by atoms with van der Waals surface area (Å²) in [6.07, 6.45) is 2.95. The SMILES string of the molecule is CCc1cnc(CNC(=NC)NCc2cc(C)no2)s1. The topological polar surface area (TPSA) is 75.3 Å². The Bertz CT molecular complexity index is 575. The van der Waals surface area contributed by atoms with Crippen molar-refractivity contribution in [2.45, 2.75) is 33.4 Å². The number of nitrogens with zero attached hydrogens (tertiary/aromatic N) is 3. The zero-order valence-corrected chi connectivity index (χ0v) is 12.8. The van der Waals surface area contributed by atoms with Gasteiger partial charge in [-0.1, -0.05) is 12.1 Å². The molecule has 0 atom stereocenters. The first-order valence-corrected chi connectivity index (χ1v) is 7.33.